The van der Waals surface area contributed by atoms with Crippen LogP contribution in [0, 0.1) is 0 Å². The number of aliphatic hydroxyl groups excluding tert-OH is 4. The first-order valence-electron chi connectivity index (χ1n) is 13.7. The van der Waals surface area contributed by atoms with E-state index in [-0.39, 0.29) is 34.1 Å². The number of nitrogens with two attached hydrogens (primary N) is 2. The second-order valence-electron chi connectivity index (χ2n) is 10.6. The van der Waals surface area contributed by atoms with Crippen molar-refractivity contribution in [3.05, 3.63) is 29.3 Å². The van der Waals surface area contributed by atoms with E-state index in [1.165, 1.54) is 10.9 Å². The van der Waals surface area contributed by atoms with Gasteiger partial charge in [-0.15, -0.1) is 0 Å². The number of phosphoric acid groups is 3. The van der Waals surface area contributed by atoms with Crippen LogP contribution in [0.15, 0.2) is 23.8 Å². The molecule has 5 unspecified atom stereocenters. The maximum Gasteiger partial charge on any atom is 0.490 e. The SMILES string of the molecule is Nc1nc2c(ncn2[C@@H]2O[C@H](COP(=O)(O)OP(=O)(O)OP(=O)(O)OC[C@H]3O[C@@H](n4cnc5c(N)ncnc54)[C@@H](O)C3O)C(O)[C@@H]2O)c(=O)[nH]1. The highest BCUT2D eigenvalue weighted by Gasteiger charge is 2.49. The molecule has 0 bridgehead atoms. The zero-order valence-corrected chi connectivity index (χ0v) is 27.3. The van der Waals surface area contributed by atoms with Gasteiger partial charge >= 0.3 is 23.5 Å². The van der Waals surface area contributed by atoms with Crippen molar-refractivity contribution in [3.8, 4) is 0 Å². The molecular formula is C20H27N10O17P3. The molecule has 0 radical (unpaired) electrons. The number of aliphatic hydroxyl groups is 4. The van der Waals surface area contributed by atoms with E-state index < -0.39 is 91.3 Å². The van der Waals surface area contributed by atoms with Crippen LogP contribution in [-0.2, 0) is 40.8 Å². The Morgan fingerprint density at radius 3 is 1.78 bits per heavy atom. The summed E-state index contributed by atoms with van der Waals surface area (Å²) in [5.74, 6) is -0.295. The van der Waals surface area contributed by atoms with Crippen LogP contribution in [0.1, 0.15) is 12.5 Å². The number of nitrogen functional groups attached to an aromatic ring is 2. The molecule has 0 aromatic carbocycles. The number of hydrogen-bond donors (Lipinski definition) is 10. The summed E-state index contributed by atoms with van der Waals surface area (Å²) >= 11 is 0. The highest BCUT2D eigenvalue weighted by Crippen LogP contribution is 2.67. The molecule has 2 fully saturated rings. The minimum Gasteiger partial charge on any atom is -0.387 e. The third kappa shape index (κ3) is 7.21. The van der Waals surface area contributed by atoms with Crippen molar-refractivity contribution in [3.63, 3.8) is 0 Å². The third-order valence-electron chi connectivity index (χ3n) is 7.28. The van der Waals surface area contributed by atoms with Crippen LogP contribution in [0.2, 0.25) is 0 Å². The lowest BCUT2D eigenvalue weighted by Gasteiger charge is -2.21. The predicted molar refractivity (Wildman–Crippen MR) is 158 cm³/mol. The monoisotopic (exact) mass is 772 g/mol. The lowest BCUT2D eigenvalue weighted by molar-refractivity contribution is -0.0510. The van der Waals surface area contributed by atoms with E-state index in [0.29, 0.717) is 0 Å². The van der Waals surface area contributed by atoms with E-state index in [9.17, 15) is 53.6 Å². The van der Waals surface area contributed by atoms with Crippen molar-refractivity contribution >= 4 is 57.6 Å². The number of ether oxygens (including phenoxy) is 2. The van der Waals surface area contributed by atoms with Crippen molar-refractivity contribution in [2.75, 3.05) is 24.7 Å². The molecule has 6 rings (SSSR count). The van der Waals surface area contributed by atoms with Crippen LogP contribution < -0.4 is 17.0 Å². The highest BCUT2D eigenvalue weighted by molar-refractivity contribution is 7.66. The van der Waals surface area contributed by atoms with Gasteiger partial charge in [-0.1, -0.05) is 0 Å². The number of fused-ring (bicyclic) bond motifs is 2. The van der Waals surface area contributed by atoms with Gasteiger partial charge in [0.25, 0.3) is 5.56 Å². The summed E-state index contributed by atoms with van der Waals surface area (Å²) < 4.78 is 67.7. The van der Waals surface area contributed by atoms with Crippen molar-refractivity contribution in [1.29, 1.82) is 0 Å². The van der Waals surface area contributed by atoms with Crippen molar-refractivity contribution in [2.24, 2.45) is 0 Å². The summed E-state index contributed by atoms with van der Waals surface area (Å²) in [6, 6.07) is 0. The molecule has 0 saturated carbocycles. The minimum atomic E-state index is -5.97. The van der Waals surface area contributed by atoms with Crippen LogP contribution in [0.4, 0.5) is 11.8 Å². The van der Waals surface area contributed by atoms with E-state index in [4.69, 9.17) is 20.9 Å². The largest absolute Gasteiger partial charge is 0.490 e. The number of aromatic amines is 1. The highest BCUT2D eigenvalue weighted by atomic mass is 31.3. The molecule has 0 aliphatic carbocycles. The maximum absolute atomic E-state index is 12.4. The number of aromatic nitrogens is 8. The Morgan fingerprint density at radius 1 is 0.740 bits per heavy atom. The van der Waals surface area contributed by atoms with Gasteiger partial charge in [0.1, 0.15) is 48.5 Å². The van der Waals surface area contributed by atoms with Crippen LogP contribution in [0.5, 0.6) is 0 Å². The number of nitrogens with one attached hydrogen (secondary N) is 1. The Kier molecular flexibility index (Phi) is 9.72. The molecule has 2 aliphatic heterocycles. The van der Waals surface area contributed by atoms with Gasteiger partial charge in [0.05, 0.1) is 25.9 Å². The average Bonchev–Trinajstić information content (AvgIpc) is 3.76. The van der Waals surface area contributed by atoms with Gasteiger partial charge in [-0.05, 0) is 0 Å². The standard InChI is InChI=1S/C20H27N10O17P3/c21-14-8-15(24-3-23-14)29(4-25-8)18-12(33)10(31)6(44-18)1-42-48(36,37)46-50(40,41)47-49(38,39)43-2-7-11(32)13(34)19(45-7)30-5-26-9-16(30)27-20(22)28-17(9)35/h3-7,10-13,18-19,31-34H,1-2H2,(H,36,37)(H,38,39)(H,40,41)(H2,21,23,24)(H3,22,27,28,35)/t6-,7-,10?,11?,12+,13+,18-,19-/m1/s1. The summed E-state index contributed by atoms with van der Waals surface area (Å²) in [7, 11) is -17.3. The van der Waals surface area contributed by atoms with E-state index in [0.717, 1.165) is 17.2 Å². The van der Waals surface area contributed by atoms with Crippen LogP contribution in [0.3, 0.4) is 0 Å². The number of rotatable bonds is 12. The first-order chi connectivity index (χ1) is 23.4. The van der Waals surface area contributed by atoms with Crippen LogP contribution in [0.25, 0.3) is 22.3 Å². The summed E-state index contributed by atoms with van der Waals surface area (Å²) in [6.45, 7) is -2.12. The molecule has 2 aliphatic rings. The Labute approximate surface area is 275 Å². The second kappa shape index (κ2) is 13.3. The Hall–Kier alpha value is -3.33. The Morgan fingerprint density at radius 2 is 1.24 bits per heavy atom. The van der Waals surface area contributed by atoms with Gasteiger partial charge < -0.3 is 56.0 Å². The fourth-order valence-electron chi connectivity index (χ4n) is 5.04. The molecule has 4 aromatic heterocycles. The molecule has 27 nitrogen and oxygen atoms in total. The van der Waals surface area contributed by atoms with Crippen LogP contribution >= 0.6 is 23.5 Å². The molecule has 11 atom stereocenters. The molecule has 6 heterocycles. The first-order valence-corrected chi connectivity index (χ1v) is 18.2. The fraction of sp³-hybridized carbons (Fsp3) is 0.500. The predicted octanol–water partition coefficient (Wildman–Crippen LogP) is -3.27. The molecule has 50 heavy (non-hydrogen) atoms. The number of imidazole rings is 2. The summed E-state index contributed by atoms with van der Waals surface area (Å²) in [6.07, 6.45) is -9.66. The van der Waals surface area contributed by atoms with Gasteiger partial charge in [0.2, 0.25) is 5.95 Å². The zero-order valence-electron chi connectivity index (χ0n) is 24.6. The zero-order chi connectivity index (χ0) is 36.3. The quantitative estimate of drug-likeness (QED) is 0.0631. The topological polar surface area (TPSA) is 407 Å². The van der Waals surface area contributed by atoms with Crippen molar-refractivity contribution in [1.82, 2.24) is 39.0 Å². The Bertz CT molecular complexity index is 2110. The molecule has 2 saturated heterocycles. The van der Waals surface area contributed by atoms with E-state index in [1.807, 2.05) is 0 Å². The molecule has 4 aromatic rings. The van der Waals surface area contributed by atoms with E-state index in [2.05, 4.69) is 47.6 Å². The number of anilines is 2. The van der Waals surface area contributed by atoms with Crippen molar-refractivity contribution in [2.45, 2.75) is 49.1 Å². The molecule has 274 valence electrons. The molecule has 0 amide bonds. The van der Waals surface area contributed by atoms with E-state index in [1.54, 1.807) is 0 Å². The summed E-state index contributed by atoms with van der Waals surface area (Å²) in [5, 5.41) is 41.8. The van der Waals surface area contributed by atoms with Gasteiger partial charge in [-0.25, -0.2) is 33.6 Å². The fourth-order valence-corrected chi connectivity index (χ4v) is 8.56. The van der Waals surface area contributed by atoms with Crippen molar-refractivity contribution < 1.29 is 75.9 Å². The third-order valence-corrected chi connectivity index (χ3v) is 11.5. The number of nitrogens with zero attached hydrogens (tertiary/aromatic N) is 7. The smallest absolute Gasteiger partial charge is 0.387 e. The minimum absolute atomic E-state index is 0.00803. The number of phosphoric ester groups is 2. The average molecular weight is 772 g/mol. The summed E-state index contributed by atoms with van der Waals surface area (Å²) in [4.78, 5) is 63.6. The van der Waals surface area contributed by atoms with Gasteiger partial charge in [0, 0.05) is 0 Å². The lowest BCUT2D eigenvalue weighted by Crippen LogP contribution is -2.33. The molecule has 12 N–H and O–H groups in total. The molecule has 30 heteroatoms. The second-order valence-corrected chi connectivity index (χ2v) is 15.2. The van der Waals surface area contributed by atoms with Gasteiger partial charge in [-0.2, -0.15) is 13.6 Å². The van der Waals surface area contributed by atoms with Crippen LogP contribution in [-0.4, -0.2) is 124 Å². The normalized spacial score (nSPS) is 30.8. The number of hydrogen-bond acceptors (Lipinski definition) is 21. The molecule has 0 spiro atoms. The maximum atomic E-state index is 12.4. The van der Waals surface area contributed by atoms with Gasteiger partial charge in [0.15, 0.2) is 35.1 Å². The van der Waals surface area contributed by atoms with E-state index >= 15 is 0 Å². The Balaban J connectivity index is 1.03. The molecular weight excluding hydrogens is 745 g/mol. The van der Waals surface area contributed by atoms with Gasteiger partial charge in [-0.3, -0.25) is 28.0 Å². The lowest BCUT2D eigenvalue weighted by atomic mass is 10.1. The number of H-pyrrole nitrogens is 1. The summed E-state index contributed by atoms with van der Waals surface area (Å²) in [5.41, 5.74) is 10.5. The first kappa shape index (κ1) is 36.5.